The summed E-state index contributed by atoms with van der Waals surface area (Å²) in [6, 6.07) is 0.650. The van der Waals surface area contributed by atoms with Crippen LogP contribution < -0.4 is 5.32 Å². The fourth-order valence-corrected chi connectivity index (χ4v) is 2.68. The summed E-state index contributed by atoms with van der Waals surface area (Å²) in [6.07, 6.45) is 2.40. The Bertz CT molecular complexity index is 231. The molecule has 1 fully saturated rings. The lowest BCUT2D eigenvalue weighted by Gasteiger charge is -2.36. The van der Waals surface area contributed by atoms with Crippen LogP contribution in [0.2, 0.25) is 0 Å². The largest absolute Gasteiger partial charge is 0.385 e. The molecule has 0 spiro atoms. The van der Waals surface area contributed by atoms with Gasteiger partial charge in [-0.25, -0.2) is 0 Å². The Labute approximate surface area is 113 Å². The molecule has 0 amide bonds. The van der Waals surface area contributed by atoms with Crippen molar-refractivity contribution < 1.29 is 4.74 Å². The van der Waals surface area contributed by atoms with E-state index in [1.54, 1.807) is 7.11 Å². The van der Waals surface area contributed by atoms with Crippen molar-refractivity contribution in [2.24, 2.45) is 11.3 Å². The number of ether oxygens (including phenoxy) is 1. The lowest BCUT2D eigenvalue weighted by Crippen LogP contribution is -2.45. The van der Waals surface area contributed by atoms with Crippen LogP contribution in [0.15, 0.2) is 0 Å². The normalized spacial score (nSPS) is 27.8. The van der Waals surface area contributed by atoms with E-state index in [4.69, 9.17) is 4.74 Å². The van der Waals surface area contributed by atoms with Gasteiger partial charge in [0.2, 0.25) is 0 Å². The molecule has 3 nitrogen and oxygen atoms in total. The number of hydrogen-bond donors (Lipinski definition) is 1. The SMILES string of the molecule is COCCC(C)(C)CN1CCC(C)NCC(C)C1. The lowest BCUT2D eigenvalue weighted by atomic mass is 9.88. The van der Waals surface area contributed by atoms with Gasteiger partial charge in [-0.05, 0) is 44.2 Å². The Morgan fingerprint density at radius 1 is 1.33 bits per heavy atom. The fraction of sp³-hybridized carbons (Fsp3) is 1.00. The standard InChI is InChI=1S/C15H32N2O/c1-13-10-16-14(2)6-8-17(11-13)12-15(3,4)7-9-18-5/h13-14,16H,6-12H2,1-5H3. The molecular formula is C15H32N2O. The Morgan fingerprint density at radius 2 is 2.06 bits per heavy atom. The summed E-state index contributed by atoms with van der Waals surface area (Å²) < 4.78 is 5.22. The molecule has 0 aromatic carbocycles. The molecule has 1 N–H and O–H groups in total. The van der Waals surface area contributed by atoms with E-state index in [0.29, 0.717) is 11.5 Å². The van der Waals surface area contributed by atoms with E-state index in [-0.39, 0.29) is 0 Å². The van der Waals surface area contributed by atoms with E-state index in [9.17, 15) is 0 Å². The molecule has 0 aromatic rings. The van der Waals surface area contributed by atoms with E-state index in [2.05, 4.69) is 37.9 Å². The molecule has 2 atom stereocenters. The smallest absolute Gasteiger partial charge is 0.0467 e. The highest BCUT2D eigenvalue weighted by molar-refractivity contribution is 4.79. The van der Waals surface area contributed by atoms with Crippen LogP contribution in [-0.4, -0.2) is 50.8 Å². The Hall–Kier alpha value is -0.120. The van der Waals surface area contributed by atoms with Crippen molar-refractivity contribution in [3.05, 3.63) is 0 Å². The molecule has 0 aliphatic carbocycles. The maximum absolute atomic E-state index is 5.22. The Balaban J connectivity index is 2.46. The van der Waals surface area contributed by atoms with Crippen molar-refractivity contribution in [1.29, 1.82) is 0 Å². The summed E-state index contributed by atoms with van der Waals surface area (Å²) in [6.45, 7) is 15.0. The zero-order valence-corrected chi connectivity index (χ0v) is 13.0. The van der Waals surface area contributed by atoms with Gasteiger partial charge in [0.05, 0.1) is 0 Å². The highest BCUT2D eigenvalue weighted by Gasteiger charge is 2.24. The van der Waals surface area contributed by atoms with Crippen molar-refractivity contribution in [3.8, 4) is 0 Å². The molecule has 1 rings (SSSR count). The van der Waals surface area contributed by atoms with E-state index in [1.165, 1.54) is 26.1 Å². The predicted octanol–water partition coefficient (Wildman–Crippen LogP) is 2.37. The molecule has 18 heavy (non-hydrogen) atoms. The average molecular weight is 256 g/mol. The first-order chi connectivity index (χ1) is 8.43. The van der Waals surface area contributed by atoms with Crippen molar-refractivity contribution in [3.63, 3.8) is 0 Å². The molecule has 108 valence electrons. The van der Waals surface area contributed by atoms with Gasteiger partial charge in [0.15, 0.2) is 0 Å². The maximum atomic E-state index is 5.22. The van der Waals surface area contributed by atoms with Crippen LogP contribution in [0.5, 0.6) is 0 Å². The van der Waals surface area contributed by atoms with E-state index < -0.39 is 0 Å². The highest BCUT2D eigenvalue weighted by atomic mass is 16.5. The quantitative estimate of drug-likeness (QED) is 0.817. The summed E-state index contributed by atoms with van der Waals surface area (Å²) in [5.74, 6) is 0.742. The first-order valence-corrected chi connectivity index (χ1v) is 7.37. The molecule has 0 radical (unpaired) electrons. The van der Waals surface area contributed by atoms with Crippen LogP contribution in [0.1, 0.15) is 40.5 Å². The molecule has 0 aromatic heterocycles. The van der Waals surface area contributed by atoms with Crippen LogP contribution in [-0.2, 0) is 4.74 Å². The third-order valence-electron chi connectivity index (χ3n) is 3.90. The summed E-state index contributed by atoms with van der Waals surface area (Å²) in [7, 11) is 1.79. The Morgan fingerprint density at radius 3 is 2.72 bits per heavy atom. The van der Waals surface area contributed by atoms with Gasteiger partial charge in [0.1, 0.15) is 0 Å². The lowest BCUT2D eigenvalue weighted by molar-refractivity contribution is 0.101. The van der Waals surface area contributed by atoms with Crippen LogP contribution in [0.25, 0.3) is 0 Å². The summed E-state index contributed by atoms with van der Waals surface area (Å²) in [5, 5.41) is 3.61. The minimum atomic E-state index is 0.353. The minimum Gasteiger partial charge on any atom is -0.385 e. The summed E-state index contributed by atoms with van der Waals surface area (Å²) in [4.78, 5) is 2.65. The number of nitrogens with one attached hydrogen (secondary N) is 1. The van der Waals surface area contributed by atoms with Crippen LogP contribution in [0.3, 0.4) is 0 Å². The van der Waals surface area contributed by atoms with Gasteiger partial charge in [0.25, 0.3) is 0 Å². The van der Waals surface area contributed by atoms with Crippen molar-refractivity contribution >= 4 is 0 Å². The molecule has 2 unspecified atom stereocenters. The first kappa shape index (κ1) is 15.9. The fourth-order valence-electron chi connectivity index (χ4n) is 2.68. The van der Waals surface area contributed by atoms with Gasteiger partial charge in [-0.15, -0.1) is 0 Å². The molecule has 1 aliphatic heterocycles. The molecule has 1 saturated heterocycles. The molecule has 0 saturated carbocycles. The summed E-state index contributed by atoms with van der Waals surface area (Å²) in [5.41, 5.74) is 0.353. The second kappa shape index (κ2) is 7.46. The average Bonchev–Trinajstić information content (AvgIpc) is 2.29. The van der Waals surface area contributed by atoms with Gasteiger partial charge in [0, 0.05) is 32.8 Å². The third kappa shape index (κ3) is 6.17. The monoisotopic (exact) mass is 256 g/mol. The van der Waals surface area contributed by atoms with Gasteiger partial charge in [-0.1, -0.05) is 20.8 Å². The van der Waals surface area contributed by atoms with Crippen LogP contribution in [0.4, 0.5) is 0 Å². The third-order valence-corrected chi connectivity index (χ3v) is 3.90. The zero-order valence-electron chi connectivity index (χ0n) is 13.0. The van der Waals surface area contributed by atoms with Crippen molar-refractivity contribution in [1.82, 2.24) is 10.2 Å². The van der Waals surface area contributed by atoms with Crippen LogP contribution >= 0.6 is 0 Å². The van der Waals surface area contributed by atoms with Gasteiger partial charge in [-0.2, -0.15) is 0 Å². The van der Waals surface area contributed by atoms with E-state index >= 15 is 0 Å². The topological polar surface area (TPSA) is 24.5 Å². The number of rotatable bonds is 5. The molecular weight excluding hydrogens is 224 g/mol. The number of nitrogens with zero attached hydrogens (tertiary/aromatic N) is 1. The van der Waals surface area contributed by atoms with Crippen LogP contribution in [0, 0.1) is 11.3 Å². The molecule has 1 aliphatic rings. The van der Waals surface area contributed by atoms with E-state index in [1.807, 2.05) is 0 Å². The molecule has 0 bridgehead atoms. The van der Waals surface area contributed by atoms with Crippen molar-refractivity contribution in [2.75, 3.05) is 39.9 Å². The van der Waals surface area contributed by atoms with Gasteiger partial charge < -0.3 is 15.0 Å². The van der Waals surface area contributed by atoms with Crippen molar-refractivity contribution in [2.45, 2.75) is 46.6 Å². The minimum absolute atomic E-state index is 0.353. The van der Waals surface area contributed by atoms with Gasteiger partial charge in [-0.3, -0.25) is 0 Å². The maximum Gasteiger partial charge on any atom is 0.0467 e. The summed E-state index contributed by atoms with van der Waals surface area (Å²) >= 11 is 0. The molecule has 1 heterocycles. The number of methoxy groups -OCH3 is 1. The van der Waals surface area contributed by atoms with E-state index in [0.717, 1.165) is 25.5 Å². The second-order valence-electron chi connectivity index (χ2n) is 6.85. The molecule has 3 heteroatoms. The zero-order chi connectivity index (χ0) is 13.6. The predicted molar refractivity (Wildman–Crippen MR) is 78.0 cm³/mol. The second-order valence-corrected chi connectivity index (χ2v) is 6.85. The highest BCUT2D eigenvalue weighted by Crippen LogP contribution is 2.23. The Kier molecular flexibility index (Phi) is 6.61. The first-order valence-electron chi connectivity index (χ1n) is 7.37. The van der Waals surface area contributed by atoms with Gasteiger partial charge >= 0.3 is 0 Å². The number of hydrogen-bond acceptors (Lipinski definition) is 3.